The molecule has 0 fully saturated rings. The SMILES string of the molecule is Cc1nn(-c2cc(Oc3cc(-c4cc(C(C)(C)C)ccn4)n4c(C(C)C)c(C(C)C)nc4c3)cc(C(C)(C)C)c2)c(C)c1-c1ccccc1. The summed E-state index contributed by atoms with van der Waals surface area (Å²) in [7, 11) is 0. The van der Waals surface area contributed by atoms with Gasteiger partial charge < -0.3 is 4.74 Å². The van der Waals surface area contributed by atoms with Gasteiger partial charge in [0.05, 0.1) is 28.5 Å². The van der Waals surface area contributed by atoms with E-state index in [0.717, 1.165) is 56.9 Å². The van der Waals surface area contributed by atoms with Crippen molar-refractivity contribution in [2.45, 2.75) is 106 Å². The van der Waals surface area contributed by atoms with Crippen molar-refractivity contribution in [1.82, 2.24) is 24.1 Å². The minimum absolute atomic E-state index is 0.0169. The van der Waals surface area contributed by atoms with Crippen LogP contribution in [0.3, 0.4) is 0 Å². The van der Waals surface area contributed by atoms with Gasteiger partial charge in [0.15, 0.2) is 0 Å². The van der Waals surface area contributed by atoms with Crippen molar-refractivity contribution in [1.29, 1.82) is 0 Å². The summed E-state index contributed by atoms with van der Waals surface area (Å²) in [6.07, 6.45) is 1.92. The van der Waals surface area contributed by atoms with Crippen LogP contribution in [0.2, 0.25) is 0 Å². The van der Waals surface area contributed by atoms with E-state index in [1.165, 1.54) is 22.4 Å². The van der Waals surface area contributed by atoms with Crippen molar-refractivity contribution in [3.8, 4) is 39.7 Å². The molecular formula is C43H51N5O. The summed E-state index contributed by atoms with van der Waals surface area (Å²) >= 11 is 0. The molecule has 0 unspecified atom stereocenters. The van der Waals surface area contributed by atoms with Crippen LogP contribution in [0.15, 0.2) is 79.0 Å². The van der Waals surface area contributed by atoms with Crippen LogP contribution in [0, 0.1) is 13.8 Å². The summed E-state index contributed by atoms with van der Waals surface area (Å²) in [5.41, 5.74) is 12.7. The molecule has 0 radical (unpaired) electrons. The van der Waals surface area contributed by atoms with Gasteiger partial charge in [-0.15, -0.1) is 0 Å². The highest BCUT2D eigenvalue weighted by Crippen LogP contribution is 2.38. The van der Waals surface area contributed by atoms with Gasteiger partial charge in [-0.05, 0) is 77.5 Å². The molecule has 0 aliphatic heterocycles. The molecule has 6 aromatic rings. The fourth-order valence-corrected chi connectivity index (χ4v) is 6.70. The fourth-order valence-electron chi connectivity index (χ4n) is 6.70. The average Bonchev–Trinajstić information content (AvgIpc) is 3.57. The first-order valence-electron chi connectivity index (χ1n) is 17.5. The van der Waals surface area contributed by atoms with Crippen LogP contribution in [-0.2, 0) is 10.8 Å². The molecule has 49 heavy (non-hydrogen) atoms. The number of benzene rings is 2. The second-order valence-corrected chi connectivity index (χ2v) is 16.0. The van der Waals surface area contributed by atoms with E-state index in [-0.39, 0.29) is 22.7 Å². The Kier molecular flexibility index (Phi) is 8.81. The lowest BCUT2D eigenvalue weighted by Gasteiger charge is -2.22. The van der Waals surface area contributed by atoms with E-state index < -0.39 is 0 Å². The topological polar surface area (TPSA) is 57.2 Å². The van der Waals surface area contributed by atoms with Gasteiger partial charge in [-0.3, -0.25) is 9.38 Å². The Morgan fingerprint density at radius 2 is 1.39 bits per heavy atom. The van der Waals surface area contributed by atoms with E-state index in [1.807, 2.05) is 12.3 Å². The van der Waals surface area contributed by atoms with Crippen LogP contribution in [0.1, 0.15) is 115 Å². The second kappa shape index (κ2) is 12.6. The molecule has 0 atom stereocenters. The van der Waals surface area contributed by atoms with E-state index in [1.54, 1.807) is 0 Å². The van der Waals surface area contributed by atoms with E-state index in [4.69, 9.17) is 19.8 Å². The molecule has 2 aromatic carbocycles. The van der Waals surface area contributed by atoms with Crippen LogP contribution < -0.4 is 4.74 Å². The lowest BCUT2D eigenvalue weighted by Crippen LogP contribution is -2.13. The molecule has 4 heterocycles. The first kappa shape index (κ1) is 34.2. The van der Waals surface area contributed by atoms with Gasteiger partial charge in [0.25, 0.3) is 0 Å². The number of aryl methyl sites for hydroxylation is 1. The predicted octanol–water partition coefficient (Wildman–Crippen LogP) is 11.5. The molecule has 0 saturated heterocycles. The summed E-state index contributed by atoms with van der Waals surface area (Å²) in [5.74, 6) is 2.02. The van der Waals surface area contributed by atoms with Crippen molar-refractivity contribution in [3.05, 3.63) is 113 Å². The van der Waals surface area contributed by atoms with Crippen molar-refractivity contribution < 1.29 is 4.74 Å². The first-order chi connectivity index (χ1) is 23.0. The van der Waals surface area contributed by atoms with Crippen LogP contribution in [0.25, 0.3) is 33.8 Å². The van der Waals surface area contributed by atoms with Gasteiger partial charge in [-0.25, -0.2) is 9.67 Å². The predicted molar refractivity (Wildman–Crippen MR) is 203 cm³/mol. The van der Waals surface area contributed by atoms with E-state index in [0.29, 0.717) is 0 Å². The minimum Gasteiger partial charge on any atom is -0.457 e. The van der Waals surface area contributed by atoms with Crippen LogP contribution in [0.4, 0.5) is 0 Å². The fraction of sp³-hybridized carbons (Fsp3) is 0.372. The minimum atomic E-state index is -0.111. The van der Waals surface area contributed by atoms with Crippen LogP contribution in [0.5, 0.6) is 11.5 Å². The molecule has 4 aromatic heterocycles. The van der Waals surface area contributed by atoms with E-state index >= 15 is 0 Å². The Bertz CT molecular complexity index is 2140. The number of hydrogen-bond donors (Lipinski definition) is 0. The van der Waals surface area contributed by atoms with Crippen LogP contribution >= 0.6 is 0 Å². The highest BCUT2D eigenvalue weighted by atomic mass is 16.5. The molecule has 0 bridgehead atoms. The zero-order chi connectivity index (χ0) is 35.4. The second-order valence-electron chi connectivity index (χ2n) is 16.0. The maximum atomic E-state index is 6.85. The number of rotatable bonds is 7. The molecule has 254 valence electrons. The lowest BCUT2D eigenvalue weighted by molar-refractivity contribution is 0.477. The van der Waals surface area contributed by atoms with Gasteiger partial charge >= 0.3 is 0 Å². The molecule has 6 rings (SSSR count). The van der Waals surface area contributed by atoms with Gasteiger partial charge in [-0.2, -0.15) is 5.10 Å². The molecule has 0 amide bonds. The third-order valence-electron chi connectivity index (χ3n) is 9.33. The molecular weight excluding hydrogens is 603 g/mol. The van der Waals surface area contributed by atoms with Gasteiger partial charge in [0.1, 0.15) is 17.1 Å². The first-order valence-corrected chi connectivity index (χ1v) is 17.5. The summed E-state index contributed by atoms with van der Waals surface area (Å²) in [5, 5.41) is 5.04. The summed E-state index contributed by atoms with van der Waals surface area (Å²) < 4.78 is 11.2. The van der Waals surface area contributed by atoms with Crippen LogP contribution in [-0.4, -0.2) is 24.1 Å². The number of aromatic nitrogens is 5. The zero-order valence-electron chi connectivity index (χ0n) is 31.3. The smallest absolute Gasteiger partial charge is 0.141 e. The van der Waals surface area contributed by atoms with Gasteiger partial charge in [-0.1, -0.05) is 99.6 Å². The Morgan fingerprint density at radius 1 is 0.714 bits per heavy atom. The third kappa shape index (κ3) is 6.66. The standard InChI is InChI=1S/C43H51N5O/c1-26(2)40-41(27(3)4)47-37(36-22-31(18-19-44-36)42(7,8)9)24-35(25-38(47)45-40)49-34-21-32(43(10,11)12)20-33(23-34)48-29(6)39(28(5)46-48)30-16-14-13-15-17-30/h13-27H,1-12H3. The summed E-state index contributed by atoms with van der Waals surface area (Å²) in [6.45, 7) is 26.5. The highest BCUT2D eigenvalue weighted by Gasteiger charge is 2.24. The van der Waals surface area contributed by atoms with Crippen molar-refractivity contribution >= 4 is 5.65 Å². The Hall–Kier alpha value is -4.71. The molecule has 0 N–H and O–H groups in total. The van der Waals surface area contributed by atoms with Crippen molar-refractivity contribution in [2.24, 2.45) is 0 Å². The van der Waals surface area contributed by atoms with E-state index in [2.05, 4.69) is 159 Å². The third-order valence-corrected chi connectivity index (χ3v) is 9.33. The maximum absolute atomic E-state index is 6.85. The largest absolute Gasteiger partial charge is 0.457 e. The number of fused-ring (bicyclic) bond motifs is 1. The number of ether oxygens (including phenoxy) is 1. The Balaban J connectivity index is 1.54. The quantitative estimate of drug-likeness (QED) is 0.172. The van der Waals surface area contributed by atoms with E-state index in [9.17, 15) is 0 Å². The maximum Gasteiger partial charge on any atom is 0.141 e. The molecule has 6 nitrogen and oxygen atoms in total. The Morgan fingerprint density at radius 3 is 2.02 bits per heavy atom. The number of imidazole rings is 1. The normalized spacial score (nSPS) is 12.4. The average molecular weight is 654 g/mol. The zero-order valence-corrected chi connectivity index (χ0v) is 31.3. The molecule has 6 heteroatoms. The highest BCUT2D eigenvalue weighted by molar-refractivity contribution is 5.70. The summed E-state index contributed by atoms with van der Waals surface area (Å²) in [4.78, 5) is 10.1. The van der Waals surface area contributed by atoms with Gasteiger partial charge in [0, 0.05) is 41.3 Å². The number of pyridine rings is 2. The summed E-state index contributed by atoms with van der Waals surface area (Å²) in [6, 6.07) is 25.5. The molecule has 0 aliphatic rings. The van der Waals surface area contributed by atoms with Crippen molar-refractivity contribution in [3.63, 3.8) is 0 Å². The molecule has 0 spiro atoms. The lowest BCUT2D eigenvalue weighted by atomic mass is 9.86. The van der Waals surface area contributed by atoms with Crippen molar-refractivity contribution in [2.75, 3.05) is 0 Å². The molecule has 0 saturated carbocycles. The van der Waals surface area contributed by atoms with Gasteiger partial charge in [0.2, 0.25) is 0 Å². The number of hydrogen-bond acceptors (Lipinski definition) is 4. The molecule has 0 aliphatic carbocycles. The number of nitrogens with zero attached hydrogens (tertiary/aromatic N) is 5. The Labute approximate surface area is 292 Å². The monoisotopic (exact) mass is 653 g/mol.